The number of hydrogen-bond donors (Lipinski definition) is 2. The Kier molecular flexibility index (Phi) is 8.78. The minimum absolute atomic E-state index is 0.0692. The molecule has 0 bridgehead atoms. The molecule has 1 aliphatic carbocycles. The Bertz CT molecular complexity index is 1390. The molecule has 1 fully saturated rings. The second kappa shape index (κ2) is 12.4. The highest BCUT2D eigenvalue weighted by atomic mass is 16.6. The van der Waals surface area contributed by atoms with Crippen LogP contribution in [0.15, 0.2) is 48.5 Å². The molecule has 1 saturated heterocycles. The van der Waals surface area contributed by atoms with Gasteiger partial charge in [0.2, 0.25) is 17.7 Å². The molecule has 3 aliphatic rings. The first-order chi connectivity index (χ1) is 20.4. The summed E-state index contributed by atoms with van der Waals surface area (Å²) in [6.45, 7) is 7.08. The normalized spacial score (nSPS) is 23.7. The van der Waals surface area contributed by atoms with Crippen LogP contribution in [0.3, 0.4) is 0 Å². The zero-order valence-electron chi connectivity index (χ0n) is 25.6. The summed E-state index contributed by atoms with van der Waals surface area (Å²) in [6, 6.07) is 13.5. The van der Waals surface area contributed by atoms with Gasteiger partial charge in [-0.2, -0.15) is 0 Å². The summed E-state index contributed by atoms with van der Waals surface area (Å²) < 4.78 is 11.6. The van der Waals surface area contributed by atoms with Crippen LogP contribution in [0.25, 0.3) is 0 Å². The molecule has 10 nitrogen and oxygen atoms in total. The predicted molar refractivity (Wildman–Crippen MR) is 160 cm³/mol. The van der Waals surface area contributed by atoms with Crippen LogP contribution < -0.4 is 10.6 Å². The smallest absolute Gasteiger partial charge is 0.410 e. The average molecular weight is 591 g/mol. The van der Waals surface area contributed by atoms with Gasteiger partial charge in [0.25, 0.3) is 0 Å². The van der Waals surface area contributed by atoms with E-state index in [1.54, 1.807) is 32.6 Å². The lowest BCUT2D eigenvalue weighted by Gasteiger charge is -2.32. The van der Waals surface area contributed by atoms with E-state index < -0.39 is 42.0 Å². The SMILES string of the molecule is C[C@@H](C(=O)N[C@H]1CCO[C@H]2c3ccccc3C(CC(=O)N[C@@H]3CCCc4ccccc43)N2C1=O)N(C)C(=O)OC(C)(C)C. The van der Waals surface area contributed by atoms with Crippen molar-refractivity contribution < 1.29 is 28.7 Å². The van der Waals surface area contributed by atoms with E-state index in [2.05, 4.69) is 22.8 Å². The fourth-order valence-electron chi connectivity index (χ4n) is 6.18. The van der Waals surface area contributed by atoms with Gasteiger partial charge in [-0.15, -0.1) is 0 Å². The van der Waals surface area contributed by atoms with E-state index in [0.29, 0.717) is 0 Å². The van der Waals surface area contributed by atoms with Crippen LogP contribution in [0.1, 0.15) is 93.9 Å². The van der Waals surface area contributed by atoms with Crippen molar-refractivity contribution >= 4 is 23.8 Å². The third-order valence-corrected chi connectivity index (χ3v) is 8.49. The summed E-state index contributed by atoms with van der Waals surface area (Å²) >= 11 is 0. The van der Waals surface area contributed by atoms with E-state index in [0.717, 1.165) is 36.0 Å². The number of carbonyl (C=O) groups is 4. The lowest BCUT2D eigenvalue weighted by atomic mass is 9.87. The summed E-state index contributed by atoms with van der Waals surface area (Å²) in [7, 11) is 1.49. The Morgan fingerprint density at radius 2 is 1.67 bits per heavy atom. The van der Waals surface area contributed by atoms with Crippen molar-refractivity contribution in [2.24, 2.45) is 0 Å². The number of amides is 4. The number of nitrogens with zero attached hydrogens (tertiary/aromatic N) is 2. The molecule has 0 spiro atoms. The number of nitrogens with one attached hydrogen (secondary N) is 2. The maximum absolute atomic E-state index is 14.1. The Morgan fingerprint density at radius 3 is 2.40 bits per heavy atom. The van der Waals surface area contributed by atoms with Gasteiger partial charge in [-0.25, -0.2) is 4.79 Å². The molecule has 10 heteroatoms. The molecule has 0 saturated carbocycles. The molecule has 5 rings (SSSR count). The van der Waals surface area contributed by atoms with Crippen LogP contribution in [0.5, 0.6) is 0 Å². The monoisotopic (exact) mass is 590 g/mol. The van der Waals surface area contributed by atoms with E-state index in [1.807, 2.05) is 36.4 Å². The number of ether oxygens (including phenoxy) is 2. The van der Waals surface area contributed by atoms with E-state index in [-0.39, 0.29) is 37.3 Å². The highest BCUT2D eigenvalue weighted by Gasteiger charge is 2.47. The van der Waals surface area contributed by atoms with E-state index in [1.165, 1.54) is 17.5 Å². The number of likely N-dealkylation sites (N-methyl/N-ethyl adjacent to an activating group) is 1. The van der Waals surface area contributed by atoms with Gasteiger partial charge in [0.15, 0.2) is 6.23 Å². The quantitative estimate of drug-likeness (QED) is 0.518. The number of carbonyl (C=O) groups excluding carboxylic acids is 4. The Hall–Kier alpha value is -3.92. The van der Waals surface area contributed by atoms with Crippen LogP contribution in [0.4, 0.5) is 4.79 Å². The fourth-order valence-corrected chi connectivity index (χ4v) is 6.18. The van der Waals surface area contributed by atoms with E-state index >= 15 is 0 Å². The van der Waals surface area contributed by atoms with E-state index in [9.17, 15) is 19.2 Å². The van der Waals surface area contributed by atoms with Gasteiger partial charge in [-0.1, -0.05) is 48.5 Å². The molecular formula is C33H42N4O6. The highest BCUT2D eigenvalue weighted by molar-refractivity contribution is 5.92. The average Bonchev–Trinajstić information content (AvgIpc) is 3.17. The number of aryl methyl sites for hydroxylation is 1. The maximum atomic E-state index is 14.1. The van der Waals surface area contributed by atoms with Crippen LogP contribution >= 0.6 is 0 Å². The van der Waals surface area contributed by atoms with Crippen LogP contribution in [-0.4, -0.2) is 65.0 Å². The molecular weight excluding hydrogens is 548 g/mol. The Balaban J connectivity index is 1.32. The molecule has 230 valence electrons. The molecule has 2 heterocycles. The van der Waals surface area contributed by atoms with Crippen molar-refractivity contribution in [2.45, 2.75) is 95.8 Å². The van der Waals surface area contributed by atoms with Crippen molar-refractivity contribution in [1.82, 2.24) is 20.4 Å². The van der Waals surface area contributed by atoms with Crippen molar-refractivity contribution in [3.8, 4) is 0 Å². The zero-order chi connectivity index (χ0) is 30.9. The van der Waals surface area contributed by atoms with Gasteiger partial charge in [-0.05, 0) is 63.6 Å². The first kappa shape index (κ1) is 30.5. The first-order valence-electron chi connectivity index (χ1n) is 15.1. The molecule has 2 aliphatic heterocycles. The molecule has 0 aromatic heterocycles. The molecule has 5 atom stereocenters. The third kappa shape index (κ3) is 6.54. The predicted octanol–water partition coefficient (Wildman–Crippen LogP) is 4.31. The number of hydrogen-bond acceptors (Lipinski definition) is 6. The van der Waals surface area contributed by atoms with Crippen molar-refractivity contribution in [3.63, 3.8) is 0 Å². The van der Waals surface area contributed by atoms with Gasteiger partial charge in [0.1, 0.15) is 17.7 Å². The molecule has 4 amide bonds. The molecule has 2 aromatic rings. The maximum Gasteiger partial charge on any atom is 0.410 e. The number of benzene rings is 2. The van der Waals surface area contributed by atoms with Gasteiger partial charge in [0.05, 0.1) is 25.1 Å². The second-order valence-corrected chi connectivity index (χ2v) is 12.6. The number of fused-ring (bicyclic) bond motifs is 4. The summed E-state index contributed by atoms with van der Waals surface area (Å²) in [4.78, 5) is 56.2. The minimum Gasteiger partial charge on any atom is -0.444 e. The molecule has 43 heavy (non-hydrogen) atoms. The largest absolute Gasteiger partial charge is 0.444 e. The summed E-state index contributed by atoms with van der Waals surface area (Å²) in [5.74, 6) is -0.945. The standard InChI is InChI=1S/C33H42N4O6/c1-20(36(5)32(41)43-33(2,3)4)29(39)35-26-17-18-42-31-24-15-9-8-14-23(24)27(37(31)30(26)40)19-28(38)34-25-16-10-12-21-11-6-7-13-22(21)25/h6-9,11,13-15,20,25-27,31H,10,12,16-19H2,1-5H3,(H,34,38)(H,35,39)/t20-,25+,26-,27?,31-/m0/s1. The minimum atomic E-state index is -0.878. The van der Waals surface area contributed by atoms with Gasteiger partial charge in [0, 0.05) is 19.0 Å². The topological polar surface area (TPSA) is 117 Å². The third-order valence-electron chi connectivity index (χ3n) is 8.49. The van der Waals surface area contributed by atoms with Gasteiger partial charge >= 0.3 is 6.09 Å². The van der Waals surface area contributed by atoms with Crippen molar-refractivity contribution in [1.29, 1.82) is 0 Å². The second-order valence-electron chi connectivity index (χ2n) is 12.6. The zero-order valence-corrected chi connectivity index (χ0v) is 25.6. The highest BCUT2D eigenvalue weighted by Crippen LogP contribution is 2.46. The van der Waals surface area contributed by atoms with Crippen LogP contribution in [0, 0.1) is 0 Å². The lowest BCUT2D eigenvalue weighted by molar-refractivity contribution is -0.148. The van der Waals surface area contributed by atoms with Gasteiger partial charge < -0.3 is 25.0 Å². The molecule has 2 N–H and O–H groups in total. The Morgan fingerprint density at radius 1 is 1.00 bits per heavy atom. The lowest BCUT2D eigenvalue weighted by Crippen LogP contribution is -2.54. The van der Waals surface area contributed by atoms with Crippen LogP contribution in [-0.2, 0) is 30.3 Å². The van der Waals surface area contributed by atoms with Gasteiger partial charge in [-0.3, -0.25) is 19.3 Å². The van der Waals surface area contributed by atoms with Crippen LogP contribution in [0.2, 0.25) is 0 Å². The van der Waals surface area contributed by atoms with Crippen molar-refractivity contribution in [3.05, 3.63) is 70.8 Å². The van der Waals surface area contributed by atoms with E-state index in [4.69, 9.17) is 9.47 Å². The summed E-state index contributed by atoms with van der Waals surface area (Å²) in [5.41, 5.74) is 3.41. The summed E-state index contributed by atoms with van der Waals surface area (Å²) in [6.07, 6.45) is 1.91. The number of rotatable bonds is 6. The summed E-state index contributed by atoms with van der Waals surface area (Å²) in [5, 5.41) is 6.06. The molecule has 0 radical (unpaired) electrons. The van der Waals surface area contributed by atoms with Crippen molar-refractivity contribution in [2.75, 3.05) is 13.7 Å². The molecule has 1 unspecified atom stereocenters. The Labute approximate surface area is 253 Å². The first-order valence-corrected chi connectivity index (χ1v) is 15.1. The fraction of sp³-hybridized carbons (Fsp3) is 0.515. The molecule has 2 aromatic carbocycles.